The van der Waals surface area contributed by atoms with Crippen LogP contribution in [0.1, 0.15) is 11.4 Å². The van der Waals surface area contributed by atoms with Crippen molar-refractivity contribution in [3.63, 3.8) is 0 Å². The third-order valence-electron chi connectivity index (χ3n) is 1.91. The molecule has 0 fully saturated rings. The highest BCUT2D eigenvalue weighted by Gasteiger charge is 2.07. The molecule has 6 heteroatoms. The van der Waals surface area contributed by atoms with Crippen LogP contribution in [-0.4, -0.2) is 32.0 Å². The molecule has 1 heterocycles. The van der Waals surface area contributed by atoms with Gasteiger partial charge < -0.3 is 4.74 Å². The highest BCUT2D eigenvalue weighted by atomic mass is 79.9. The first-order valence-electron chi connectivity index (χ1n) is 4.75. The van der Waals surface area contributed by atoms with E-state index in [1.165, 1.54) is 6.26 Å². The molecule has 0 aliphatic heterocycles. The minimum absolute atomic E-state index is 0.0165. The summed E-state index contributed by atoms with van der Waals surface area (Å²) >= 11 is 3.31. The predicted octanol–water partition coefficient (Wildman–Crippen LogP) is 1.71. The number of aromatic nitrogens is 1. The summed E-state index contributed by atoms with van der Waals surface area (Å²) in [5, 5.41) is 0.586. The average molecular weight is 308 g/mol. The molecule has 0 bridgehead atoms. The first-order chi connectivity index (χ1) is 7.42. The summed E-state index contributed by atoms with van der Waals surface area (Å²) in [6.07, 6.45) is 1.19. The second kappa shape index (κ2) is 5.63. The minimum atomic E-state index is -2.98. The molecule has 0 N–H and O–H groups in total. The zero-order valence-corrected chi connectivity index (χ0v) is 11.6. The topological polar surface area (TPSA) is 56.3 Å². The molecule has 0 spiro atoms. The maximum atomic E-state index is 10.9. The zero-order chi connectivity index (χ0) is 12.2. The van der Waals surface area contributed by atoms with Gasteiger partial charge in [0.2, 0.25) is 0 Å². The predicted molar refractivity (Wildman–Crippen MR) is 66.8 cm³/mol. The van der Waals surface area contributed by atoms with Crippen LogP contribution in [-0.2, 0) is 15.2 Å². The van der Waals surface area contributed by atoms with Gasteiger partial charge in [0.05, 0.1) is 11.4 Å². The Morgan fingerprint density at radius 2 is 2.12 bits per heavy atom. The van der Waals surface area contributed by atoms with Gasteiger partial charge in [-0.2, -0.15) is 0 Å². The Morgan fingerprint density at radius 3 is 2.69 bits per heavy atom. The molecule has 0 saturated carbocycles. The van der Waals surface area contributed by atoms with Gasteiger partial charge >= 0.3 is 0 Å². The van der Waals surface area contributed by atoms with Crippen LogP contribution in [0, 0.1) is 6.92 Å². The van der Waals surface area contributed by atoms with E-state index >= 15 is 0 Å². The standard InChI is InChI=1S/C10H14BrNO3S/c1-8-3-4-10(9(7-11)12-8)15-5-6-16(2,13)14/h3-4H,5-7H2,1-2H3. The lowest BCUT2D eigenvalue weighted by molar-refractivity contribution is 0.336. The fourth-order valence-corrected chi connectivity index (χ4v) is 1.92. The molecule has 1 aromatic rings. The zero-order valence-electron chi connectivity index (χ0n) is 9.23. The van der Waals surface area contributed by atoms with E-state index in [1.807, 2.05) is 13.0 Å². The third-order valence-corrected chi connectivity index (χ3v) is 3.35. The van der Waals surface area contributed by atoms with E-state index in [9.17, 15) is 8.42 Å². The molecule has 0 aromatic carbocycles. The van der Waals surface area contributed by atoms with Crippen LogP contribution in [0.2, 0.25) is 0 Å². The van der Waals surface area contributed by atoms with Crippen LogP contribution in [0.15, 0.2) is 12.1 Å². The van der Waals surface area contributed by atoms with E-state index in [-0.39, 0.29) is 12.4 Å². The van der Waals surface area contributed by atoms with Gasteiger partial charge in [0.15, 0.2) is 9.84 Å². The van der Waals surface area contributed by atoms with Gasteiger partial charge in [-0.05, 0) is 19.1 Å². The maximum absolute atomic E-state index is 10.9. The van der Waals surface area contributed by atoms with Crippen molar-refractivity contribution in [1.29, 1.82) is 0 Å². The van der Waals surface area contributed by atoms with Crippen LogP contribution in [0.5, 0.6) is 5.75 Å². The SMILES string of the molecule is Cc1ccc(OCCS(C)(=O)=O)c(CBr)n1. The molecule has 0 aliphatic carbocycles. The Hall–Kier alpha value is -0.620. The Kier molecular flexibility index (Phi) is 4.73. The number of ether oxygens (including phenoxy) is 1. The number of sulfone groups is 1. The summed E-state index contributed by atoms with van der Waals surface area (Å²) in [5.74, 6) is 0.647. The van der Waals surface area contributed by atoms with Crippen molar-refractivity contribution in [3.8, 4) is 5.75 Å². The van der Waals surface area contributed by atoms with Crippen molar-refractivity contribution in [1.82, 2.24) is 4.98 Å². The molecule has 90 valence electrons. The van der Waals surface area contributed by atoms with E-state index < -0.39 is 9.84 Å². The van der Waals surface area contributed by atoms with Crippen molar-refractivity contribution in [2.24, 2.45) is 0 Å². The van der Waals surface area contributed by atoms with Crippen molar-refractivity contribution in [2.45, 2.75) is 12.3 Å². The Balaban J connectivity index is 2.67. The maximum Gasteiger partial charge on any atom is 0.150 e. The summed E-state index contributed by atoms with van der Waals surface area (Å²) in [7, 11) is -2.98. The largest absolute Gasteiger partial charge is 0.491 e. The number of nitrogens with zero attached hydrogens (tertiary/aromatic N) is 1. The number of aryl methyl sites for hydroxylation is 1. The highest BCUT2D eigenvalue weighted by Crippen LogP contribution is 2.19. The van der Waals surface area contributed by atoms with Crippen molar-refractivity contribution in [3.05, 3.63) is 23.5 Å². The van der Waals surface area contributed by atoms with Crippen LogP contribution < -0.4 is 4.74 Å². The van der Waals surface area contributed by atoms with Gasteiger partial charge in [-0.15, -0.1) is 0 Å². The molecule has 0 unspecified atom stereocenters. The summed E-state index contributed by atoms with van der Waals surface area (Å²) in [6.45, 7) is 2.05. The molecule has 0 saturated heterocycles. The second-order valence-electron chi connectivity index (χ2n) is 3.51. The minimum Gasteiger partial charge on any atom is -0.491 e. The molecule has 16 heavy (non-hydrogen) atoms. The number of pyridine rings is 1. The van der Waals surface area contributed by atoms with Crippen molar-refractivity contribution >= 4 is 25.8 Å². The third kappa shape index (κ3) is 4.49. The van der Waals surface area contributed by atoms with Crippen LogP contribution in [0.25, 0.3) is 0 Å². The van der Waals surface area contributed by atoms with Crippen LogP contribution >= 0.6 is 15.9 Å². The van der Waals surface area contributed by atoms with Crippen molar-refractivity contribution in [2.75, 3.05) is 18.6 Å². The number of alkyl halides is 1. The number of rotatable bonds is 5. The van der Waals surface area contributed by atoms with Crippen LogP contribution in [0.3, 0.4) is 0 Å². The van der Waals surface area contributed by atoms with Gasteiger partial charge in [-0.25, -0.2) is 8.42 Å². The van der Waals surface area contributed by atoms with E-state index in [4.69, 9.17) is 4.74 Å². The summed E-state index contributed by atoms with van der Waals surface area (Å²) in [4.78, 5) is 4.29. The molecule has 1 rings (SSSR count). The van der Waals surface area contributed by atoms with Gasteiger partial charge in [0.1, 0.15) is 12.4 Å². The van der Waals surface area contributed by atoms with E-state index in [0.29, 0.717) is 11.1 Å². The summed E-state index contributed by atoms with van der Waals surface area (Å²) in [6, 6.07) is 3.64. The van der Waals surface area contributed by atoms with E-state index in [1.54, 1.807) is 6.07 Å². The monoisotopic (exact) mass is 307 g/mol. The molecule has 0 aliphatic rings. The quantitative estimate of drug-likeness (QED) is 0.777. The van der Waals surface area contributed by atoms with Gasteiger partial charge in [0, 0.05) is 17.3 Å². The second-order valence-corrected chi connectivity index (χ2v) is 6.33. The lowest BCUT2D eigenvalue weighted by atomic mass is 10.3. The first kappa shape index (κ1) is 13.4. The molecular weight excluding hydrogens is 294 g/mol. The van der Waals surface area contributed by atoms with Gasteiger partial charge in [-0.1, -0.05) is 15.9 Å². The molecule has 0 radical (unpaired) electrons. The number of hydrogen-bond donors (Lipinski definition) is 0. The lowest BCUT2D eigenvalue weighted by Gasteiger charge is -2.09. The molecule has 4 nitrogen and oxygen atoms in total. The fourth-order valence-electron chi connectivity index (χ4n) is 1.13. The Labute approximate surface area is 104 Å². The van der Waals surface area contributed by atoms with Gasteiger partial charge in [-0.3, -0.25) is 4.98 Å². The molecular formula is C10H14BrNO3S. The molecule has 0 atom stereocenters. The lowest BCUT2D eigenvalue weighted by Crippen LogP contribution is -2.13. The summed E-state index contributed by atoms with van der Waals surface area (Å²) in [5.41, 5.74) is 1.69. The normalized spacial score (nSPS) is 11.4. The number of halogens is 1. The van der Waals surface area contributed by atoms with E-state index in [2.05, 4.69) is 20.9 Å². The first-order valence-corrected chi connectivity index (χ1v) is 7.93. The Bertz CT molecular complexity index is 459. The van der Waals surface area contributed by atoms with Crippen LogP contribution in [0.4, 0.5) is 0 Å². The van der Waals surface area contributed by atoms with Crippen molar-refractivity contribution < 1.29 is 13.2 Å². The smallest absolute Gasteiger partial charge is 0.150 e. The molecule has 0 amide bonds. The number of hydrogen-bond acceptors (Lipinski definition) is 4. The molecule has 1 aromatic heterocycles. The summed E-state index contributed by atoms with van der Waals surface area (Å²) < 4.78 is 27.2. The highest BCUT2D eigenvalue weighted by molar-refractivity contribution is 9.08. The average Bonchev–Trinajstić information content (AvgIpc) is 2.18. The van der Waals surface area contributed by atoms with E-state index in [0.717, 1.165) is 11.4 Å². The fraction of sp³-hybridized carbons (Fsp3) is 0.500. The Morgan fingerprint density at radius 1 is 1.44 bits per heavy atom. The van der Waals surface area contributed by atoms with Gasteiger partial charge in [0.25, 0.3) is 0 Å².